The molecule has 4 nitrogen and oxygen atoms in total. The molecule has 1 aliphatic carbocycles. The molecule has 2 aromatic carbocycles. The van der Waals surface area contributed by atoms with Crippen molar-refractivity contribution >= 4 is 5.97 Å². The van der Waals surface area contributed by atoms with E-state index in [0.29, 0.717) is 30.6 Å². The largest absolute Gasteiger partial charge is 0.493 e. The summed E-state index contributed by atoms with van der Waals surface area (Å²) < 4.78 is 66.1. The van der Waals surface area contributed by atoms with Gasteiger partial charge in [0, 0.05) is 24.3 Å². The molecule has 158 valence electrons. The Morgan fingerprint density at radius 2 is 1.50 bits per heavy atom. The summed E-state index contributed by atoms with van der Waals surface area (Å²) in [5.74, 6) is -6.15. The molecule has 0 aromatic heterocycles. The van der Waals surface area contributed by atoms with Crippen molar-refractivity contribution in [3.63, 3.8) is 0 Å². The van der Waals surface area contributed by atoms with Gasteiger partial charge in [0.15, 0.2) is 0 Å². The van der Waals surface area contributed by atoms with Crippen molar-refractivity contribution in [3.8, 4) is 17.6 Å². The second-order valence-corrected chi connectivity index (χ2v) is 7.46. The molecule has 3 rings (SSSR count). The maximum Gasteiger partial charge on any atom is 0.349 e. The topological polar surface area (TPSA) is 59.3 Å². The Kier molecular flexibility index (Phi) is 6.60. The number of hydrogen-bond donors (Lipinski definition) is 0. The third-order valence-corrected chi connectivity index (χ3v) is 5.18. The standard InChI is InChI=1S/C22H19F4NO3/c1-12-2-4-13(5-3-12)11-29-14-6-19(25)21(20(26)7-14)22(28)30-15-8-17(23)16(10-27)18(24)9-15/h6-9,12-13H,2-5,11H2,1H3/t12-,13-. The highest BCUT2D eigenvalue weighted by atomic mass is 19.1. The minimum atomic E-state index is -1.47. The lowest BCUT2D eigenvalue weighted by molar-refractivity contribution is 0.0723. The average Bonchev–Trinajstić information content (AvgIpc) is 2.67. The minimum Gasteiger partial charge on any atom is -0.493 e. The first-order valence-electron chi connectivity index (χ1n) is 9.51. The van der Waals surface area contributed by atoms with Gasteiger partial charge < -0.3 is 9.47 Å². The molecule has 8 heteroatoms. The fourth-order valence-corrected chi connectivity index (χ4v) is 3.41. The number of benzene rings is 2. The smallest absolute Gasteiger partial charge is 0.349 e. The molecule has 30 heavy (non-hydrogen) atoms. The SMILES string of the molecule is C[C@H]1CC[C@H](COc2cc(F)c(C(=O)Oc3cc(F)c(C#N)c(F)c3)c(F)c2)CC1. The number of ether oxygens (including phenoxy) is 2. The molecular formula is C22H19F4NO3. The molecule has 0 saturated heterocycles. The van der Waals surface area contributed by atoms with E-state index in [9.17, 15) is 22.4 Å². The number of carbonyl (C=O) groups excluding carboxylic acids is 1. The summed E-state index contributed by atoms with van der Waals surface area (Å²) in [5.41, 5.74) is -1.87. The second-order valence-electron chi connectivity index (χ2n) is 7.46. The Bertz CT molecular complexity index is 948. The number of nitriles is 1. The first kappa shape index (κ1) is 21.6. The molecule has 1 fully saturated rings. The molecule has 0 amide bonds. The number of nitrogens with zero attached hydrogens (tertiary/aromatic N) is 1. The third kappa shape index (κ3) is 4.90. The molecule has 0 radical (unpaired) electrons. The van der Waals surface area contributed by atoms with Crippen molar-refractivity contribution in [3.05, 3.63) is 58.7 Å². The number of carbonyl (C=O) groups is 1. The van der Waals surface area contributed by atoms with Crippen molar-refractivity contribution in [2.75, 3.05) is 6.61 Å². The summed E-state index contributed by atoms with van der Waals surface area (Å²) in [4.78, 5) is 12.1. The Morgan fingerprint density at radius 1 is 0.967 bits per heavy atom. The Balaban J connectivity index is 1.70. The highest BCUT2D eigenvalue weighted by molar-refractivity contribution is 5.91. The third-order valence-electron chi connectivity index (χ3n) is 5.18. The molecule has 1 saturated carbocycles. The van der Waals surface area contributed by atoms with Crippen LogP contribution < -0.4 is 9.47 Å². The van der Waals surface area contributed by atoms with Gasteiger partial charge in [-0.2, -0.15) is 5.26 Å². The molecule has 0 unspecified atom stereocenters. The fraction of sp³-hybridized carbons (Fsp3) is 0.364. The van der Waals surface area contributed by atoms with Crippen LogP contribution in [-0.4, -0.2) is 12.6 Å². The lowest BCUT2D eigenvalue weighted by atomic mass is 9.83. The van der Waals surface area contributed by atoms with E-state index in [1.807, 2.05) is 0 Å². The quantitative estimate of drug-likeness (QED) is 0.361. The number of halogens is 4. The lowest BCUT2D eigenvalue weighted by Crippen LogP contribution is -2.19. The van der Waals surface area contributed by atoms with Crippen molar-refractivity contribution in [1.82, 2.24) is 0 Å². The fourth-order valence-electron chi connectivity index (χ4n) is 3.41. The molecule has 1 aliphatic rings. The van der Waals surface area contributed by atoms with Gasteiger partial charge in [0.2, 0.25) is 0 Å². The summed E-state index contributed by atoms with van der Waals surface area (Å²) >= 11 is 0. The van der Waals surface area contributed by atoms with E-state index in [2.05, 4.69) is 11.7 Å². The van der Waals surface area contributed by atoms with E-state index in [1.54, 1.807) is 0 Å². The van der Waals surface area contributed by atoms with Crippen LogP contribution in [0, 0.1) is 46.4 Å². The normalized spacial score (nSPS) is 18.5. The van der Waals surface area contributed by atoms with Crippen LogP contribution in [0.1, 0.15) is 48.5 Å². The van der Waals surface area contributed by atoms with E-state index >= 15 is 0 Å². The van der Waals surface area contributed by atoms with Gasteiger partial charge in [-0.25, -0.2) is 22.4 Å². The van der Waals surface area contributed by atoms with Gasteiger partial charge in [0.1, 0.15) is 52.0 Å². The van der Waals surface area contributed by atoms with Gasteiger partial charge in [-0.15, -0.1) is 0 Å². The maximum absolute atomic E-state index is 14.3. The highest BCUT2D eigenvalue weighted by Gasteiger charge is 2.24. The monoisotopic (exact) mass is 421 g/mol. The summed E-state index contributed by atoms with van der Waals surface area (Å²) in [6.45, 7) is 2.50. The summed E-state index contributed by atoms with van der Waals surface area (Å²) in [6.07, 6.45) is 4.12. The van der Waals surface area contributed by atoms with E-state index < -0.39 is 46.1 Å². The van der Waals surface area contributed by atoms with Crippen LogP contribution in [0.3, 0.4) is 0 Å². The van der Waals surface area contributed by atoms with Crippen LogP contribution in [0.25, 0.3) is 0 Å². The predicted molar refractivity (Wildman–Crippen MR) is 99.0 cm³/mol. The number of hydrogen-bond acceptors (Lipinski definition) is 4. The number of esters is 1. The first-order valence-corrected chi connectivity index (χ1v) is 9.51. The van der Waals surface area contributed by atoms with Crippen molar-refractivity contribution in [1.29, 1.82) is 5.26 Å². The zero-order valence-electron chi connectivity index (χ0n) is 16.2. The Morgan fingerprint density at radius 3 is 2.03 bits per heavy atom. The molecule has 0 heterocycles. The molecule has 2 aromatic rings. The molecule has 0 bridgehead atoms. The Labute approximate surface area is 171 Å². The van der Waals surface area contributed by atoms with Gasteiger partial charge in [0.05, 0.1) is 6.61 Å². The van der Waals surface area contributed by atoms with Crippen molar-refractivity contribution in [2.24, 2.45) is 11.8 Å². The molecule has 0 aliphatic heterocycles. The predicted octanol–water partition coefficient (Wildman–Crippen LogP) is 5.54. The summed E-state index contributed by atoms with van der Waals surface area (Å²) in [6, 6.07) is 4.21. The number of rotatable bonds is 5. The first-order chi connectivity index (χ1) is 14.3. The van der Waals surface area contributed by atoms with E-state index in [-0.39, 0.29) is 5.75 Å². The second kappa shape index (κ2) is 9.16. The van der Waals surface area contributed by atoms with Crippen LogP contribution in [0.5, 0.6) is 11.5 Å². The maximum atomic E-state index is 14.3. The van der Waals surface area contributed by atoms with E-state index in [1.165, 1.54) is 6.07 Å². The van der Waals surface area contributed by atoms with E-state index in [4.69, 9.17) is 10.00 Å². The van der Waals surface area contributed by atoms with Crippen molar-refractivity contribution in [2.45, 2.75) is 32.6 Å². The molecule has 0 atom stereocenters. The lowest BCUT2D eigenvalue weighted by Gasteiger charge is -2.26. The average molecular weight is 421 g/mol. The molecule has 0 spiro atoms. The van der Waals surface area contributed by atoms with Gasteiger partial charge in [0.25, 0.3) is 0 Å². The van der Waals surface area contributed by atoms with Crippen LogP contribution in [0.2, 0.25) is 0 Å². The molecule has 0 N–H and O–H groups in total. The molecular weight excluding hydrogens is 402 g/mol. The highest BCUT2D eigenvalue weighted by Crippen LogP contribution is 2.30. The van der Waals surface area contributed by atoms with Crippen LogP contribution in [-0.2, 0) is 0 Å². The Hall–Kier alpha value is -3.08. The van der Waals surface area contributed by atoms with Gasteiger partial charge >= 0.3 is 5.97 Å². The van der Waals surface area contributed by atoms with Gasteiger partial charge in [-0.05, 0) is 24.7 Å². The van der Waals surface area contributed by atoms with Crippen LogP contribution in [0.4, 0.5) is 17.6 Å². The zero-order valence-corrected chi connectivity index (χ0v) is 16.2. The summed E-state index contributed by atoms with van der Waals surface area (Å²) in [7, 11) is 0. The van der Waals surface area contributed by atoms with Crippen molar-refractivity contribution < 1.29 is 31.8 Å². The van der Waals surface area contributed by atoms with Crippen LogP contribution in [0.15, 0.2) is 24.3 Å². The van der Waals surface area contributed by atoms with Gasteiger partial charge in [-0.3, -0.25) is 0 Å². The van der Waals surface area contributed by atoms with Gasteiger partial charge in [-0.1, -0.05) is 19.8 Å². The zero-order chi connectivity index (χ0) is 21.8. The van der Waals surface area contributed by atoms with Crippen LogP contribution >= 0.6 is 0 Å². The minimum absolute atomic E-state index is 0.0596. The van der Waals surface area contributed by atoms with E-state index in [0.717, 1.165) is 37.8 Å². The summed E-state index contributed by atoms with van der Waals surface area (Å²) in [5, 5.41) is 8.64.